The van der Waals surface area contributed by atoms with E-state index in [0.717, 1.165) is 48.6 Å². The average molecular weight is 460 g/mol. The van der Waals surface area contributed by atoms with Crippen LogP contribution in [0.25, 0.3) is 0 Å². The van der Waals surface area contributed by atoms with E-state index in [2.05, 4.69) is 33.8 Å². The quantitative estimate of drug-likeness (QED) is 0.717. The fraction of sp³-hybridized carbons (Fsp3) is 0.542. The van der Waals surface area contributed by atoms with Gasteiger partial charge in [0, 0.05) is 38.2 Å². The second kappa shape index (κ2) is 9.99. The van der Waals surface area contributed by atoms with Gasteiger partial charge >= 0.3 is 12.6 Å². The Hall–Kier alpha value is -2.81. The lowest BCUT2D eigenvalue weighted by Crippen LogP contribution is -2.49. The van der Waals surface area contributed by atoms with E-state index in [1.807, 2.05) is 18.1 Å². The van der Waals surface area contributed by atoms with Crippen molar-refractivity contribution >= 4 is 6.03 Å². The van der Waals surface area contributed by atoms with E-state index >= 15 is 0 Å². The van der Waals surface area contributed by atoms with Crippen molar-refractivity contribution in [2.24, 2.45) is 5.92 Å². The summed E-state index contributed by atoms with van der Waals surface area (Å²) in [4.78, 5) is 26.3. The second-order valence-electron chi connectivity index (χ2n) is 9.36. The molecule has 2 aliphatic rings. The van der Waals surface area contributed by atoms with E-state index in [9.17, 15) is 13.6 Å². The number of benzene rings is 1. The van der Waals surface area contributed by atoms with Crippen molar-refractivity contribution in [1.29, 1.82) is 0 Å². The Labute approximate surface area is 193 Å². The predicted molar refractivity (Wildman–Crippen MR) is 120 cm³/mol. The number of amides is 2. The van der Waals surface area contributed by atoms with E-state index in [0.29, 0.717) is 19.0 Å². The number of likely N-dealkylation sites (tertiary alicyclic amines) is 1. The summed E-state index contributed by atoms with van der Waals surface area (Å²) in [7, 11) is 2.01. The summed E-state index contributed by atoms with van der Waals surface area (Å²) in [5, 5.41) is 3.20. The Morgan fingerprint density at radius 2 is 2.00 bits per heavy atom. The summed E-state index contributed by atoms with van der Waals surface area (Å²) in [6.45, 7) is 4.02. The van der Waals surface area contributed by atoms with Crippen LogP contribution < -0.4 is 10.1 Å². The Morgan fingerprint density at radius 1 is 1.24 bits per heavy atom. The molecule has 7 nitrogen and oxygen atoms in total. The first-order valence-electron chi connectivity index (χ1n) is 11.4. The lowest BCUT2D eigenvalue weighted by molar-refractivity contribution is -0.0498. The van der Waals surface area contributed by atoms with Gasteiger partial charge in [0.05, 0.1) is 18.3 Å². The number of fused-ring (bicyclic) bond motifs is 1. The molecule has 3 heterocycles. The molecule has 2 aliphatic heterocycles. The second-order valence-corrected chi connectivity index (χ2v) is 9.36. The van der Waals surface area contributed by atoms with Gasteiger partial charge in [-0.3, -0.25) is 0 Å². The number of halogens is 2. The minimum Gasteiger partial charge on any atom is -0.435 e. The molecule has 178 valence electrons. The molecule has 2 aromatic rings. The summed E-state index contributed by atoms with van der Waals surface area (Å²) in [5.74, 6) is 1.49. The van der Waals surface area contributed by atoms with Crippen molar-refractivity contribution < 1.29 is 18.3 Å². The lowest BCUT2D eigenvalue weighted by Gasteiger charge is -2.30. The van der Waals surface area contributed by atoms with Gasteiger partial charge in [-0.1, -0.05) is 26.0 Å². The van der Waals surface area contributed by atoms with Gasteiger partial charge in [-0.15, -0.1) is 0 Å². The molecule has 0 unspecified atom stereocenters. The number of ether oxygens (including phenoxy) is 1. The van der Waals surface area contributed by atoms with Crippen LogP contribution >= 0.6 is 0 Å². The number of hydrogen-bond donors (Lipinski definition) is 1. The van der Waals surface area contributed by atoms with Crippen LogP contribution in [0.15, 0.2) is 30.5 Å². The average Bonchev–Trinajstić information content (AvgIpc) is 3.12. The zero-order chi connectivity index (χ0) is 23.5. The fourth-order valence-corrected chi connectivity index (χ4v) is 4.61. The zero-order valence-corrected chi connectivity index (χ0v) is 19.3. The molecule has 0 saturated carbocycles. The smallest absolute Gasteiger partial charge is 0.387 e. The first kappa shape index (κ1) is 23.4. The van der Waals surface area contributed by atoms with Gasteiger partial charge in [0.1, 0.15) is 11.6 Å². The minimum atomic E-state index is -2.85. The van der Waals surface area contributed by atoms with Crippen LogP contribution in [0.1, 0.15) is 42.4 Å². The Morgan fingerprint density at radius 3 is 2.70 bits per heavy atom. The number of nitrogens with one attached hydrogen (secondary N) is 1. The van der Waals surface area contributed by atoms with Gasteiger partial charge in [-0.2, -0.15) is 8.78 Å². The van der Waals surface area contributed by atoms with E-state index in [4.69, 9.17) is 4.98 Å². The number of aromatic nitrogens is 2. The highest BCUT2D eigenvalue weighted by atomic mass is 19.3. The zero-order valence-electron chi connectivity index (χ0n) is 19.3. The van der Waals surface area contributed by atoms with Gasteiger partial charge in [0.25, 0.3) is 0 Å². The van der Waals surface area contributed by atoms with Gasteiger partial charge in [0.2, 0.25) is 0 Å². The Kier molecular flexibility index (Phi) is 7.07. The van der Waals surface area contributed by atoms with Crippen LogP contribution in [-0.2, 0) is 19.4 Å². The molecule has 0 bridgehead atoms. The number of nitrogens with zero attached hydrogens (tertiary/aromatic N) is 4. The molecular weight excluding hydrogens is 428 g/mol. The number of carbonyl (C=O) groups excluding carboxylic acids is 1. The highest BCUT2D eigenvalue weighted by Crippen LogP contribution is 2.29. The van der Waals surface area contributed by atoms with E-state index in [1.54, 1.807) is 24.3 Å². The van der Waals surface area contributed by atoms with Crippen molar-refractivity contribution in [2.45, 2.75) is 51.8 Å². The monoisotopic (exact) mass is 459 g/mol. The normalized spacial score (nSPS) is 20.9. The van der Waals surface area contributed by atoms with E-state index in [1.165, 1.54) is 0 Å². The summed E-state index contributed by atoms with van der Waals surface area (Å²) in [5.41, 5.74) is 3.02. The first-order valence-corrected chi connectivity index (χ1v) is 11.4. The van der Waals surface area contributed by atoms with Crippen LogP contribution in [0.2, 0.25) is 0 Å². The molecule has 1 N–H and O–H groups in total. The SMILES string of the molecule is CC(C)Cc1ncc2c(n1)CN(C(=O)N[C@@H]1CN(C)C[C@H]1c1ccc(OC(F)F)cc1)CC2. The van der Waals surface area contributed by atoms with Crippen LogP contribution in [0, 0.1) is 5.92 Å². The summed E-state index contributed by atoms with van der Waals surface area (Å²) < 4.78 is 29.3. The highest BCUT2D eigenvalue weighted by molar-refractivity contribution is 5.75. The molecule has 9 heteroatoms. The van der Waals surface area contributed by atoms with Crippen LogP contribution in [0.4, 0.5) is 13.6 Å². The number of alkyl halides is 2. The van der Waals surface area contributed by atoms with Crippen molar-refractivity contribution in [3.8, 4) is 5.75 Å². The predicted octanol–water partition coefficient (Wildman–Crippen LogP) is 3.44. The number of likely N-dealkylation sites (N-methyl/N-ethyl adjacent to an activating group) is 1. The lowest BCUT2D eigenvalue weighted by atomic mass is 9.94. The summed E-state index contributed by atoms with van der Waals surface area (Å²) in [6, 6.07) is 6.51. The molecule has 1 fully saturated rings. The van der Waals surface area contributed by atoms with Crippen molar-refractivity contribution in [3.05, 3.63) is 53.1 Å². The molecule has 1 saturated heterocycles. The highest BCUT2D eigenvalue weighted by Gasteiger charge is 2.34. The third-order valence-electron chi connectivity index (χ3n) is 6.22. The molecule has 0 radical (unpaired) electrons. The number of hydrogen-bond acceptors (Lipinski definition) is 5. The third-order valence-corrected chi connectivity index (χ3v) is 6.22. The number of rotatable bonds is 6. The molecule has 4 rings (SSSR count). The summed E-state index contributed by atoms with van der Waals surface area (Å²) in [6.07, 6.45) is 3.46. The maximum Gasteiger partial charge on any atom is 0.387 e. The molecule has 2 amide bonds. The standard InChI is InChI=1S/C24H31F2N5O2/c1-15(2)10-22-27-11-17-8-9-31(14-20(17)28-22)24(32)29-21-13-30(3)12-19(21)16-4-6-18(7-5-16)33-23(25)26/h4-7,11,15,19,21,23H,8-10,12-14H2,1-3H3,(H,29,32)/t19-,21+/m0/s1. The van der Waals surface area contributed by atoms with E-state index in [-0.39, 0.29) is 23.7 Å². The Balaban J connectivity index is 1.42. The third kappa shape index (κ3) is 5.76. The van der Waals surface area contributed by atoms with Crippen molar-refractivity contribution in [2.75, 3.05) is 26.7 Å². The molecular formula is C24H31F2N5O2. The number of carbonyl (C=O) groups is 1. The van der Waals surface area contributed by atoms with E-state index < -0.39 is 6.61 Å². The van der Waals surface area contributed by atoms with Crippen LogP contribution in [0.5, 0.6) is 5.75 Å². The van der Waals surface area contributed by atoms with Crippen molar-refractivity contribution in [3.63, 3.8) is 0 Å². The topological polar surface area (TPSA) is 70.6 Å². The maximum atomic E-state index is 13.1. The molecule has 0 spiro atoms. The summed E-state index contributed by atoms with van der Waals surface area (Å²) >= 11 is 0. The molecule has 33 heavy (non-hydrogen) atoms. The number of urea groups is 1. The van der Waals surface area contributed by atoms with Gasteiger partial charge in [-0.05, 0) is 42.6 Å². The first-order chi connectivity index (χ1) is 15.8. The largest absolute Gasteiger partial charge is 0.435 e. The maximum absolute atomic E-state index is 13.1. The van der Waals surface area contributed by atoms with Crippen LogP contribution in [-0.4, -0.2) is 65.1 Å². The minimum absolute atomic E-state index is 0.0663. The molecule has 0 aliphatic carbocycles. The van der Waals surface area contributed by atoms with Gasteiger partial charge in [0.15, 0.2) is 0 Å². The van der Waals surface area contributed by atoms with Crippen molar-refractivity contribution in [1.82, 2.24) is 25.1 Å². The fourth-order valence-electron chi connectivity index (χ4n) is 4.61. The Bertz CT molecular complexity index is 970. The van der Waals surface area contributed by atoms with Crippen LogP contribution in [0.3, 0.4) is 0 Å². The van der Waals surface area contributed by atoms with Gasteiger partial charge < -0.3 is 19.9 Å². The molecule has 2 atom stereocenters. The molecule has 1 aromatic carbocycles. The molecule has 1 aromatic heterocycles. The van der Waals surface area contributed by atoms with Gasteiger partial charge in [-0.25, -0.2) is 14.8 Å².